The first-order valence-corrected chi connectivity index (χ1v) is 7.68. The average Bonchev–Trinajstić information content (AvgIpc) is 3.20. The lowest BCUT2D eigenvalue weighted by atomic mass is 10.3. The number of carboxylic acids is 1. The van der Waals surface area contributed by atoms with Crippen LogP contribution in [0.3, 0.4) is 0 Å². The molecule has 1 aliphatic carbocycles. The third-order valence-electron chi connectivity index (χ3n) is 3.09. The molecular formula is C13H11ClFN3O2S. The molecule has 1 heterocycles. The van der Waals surface area contributed by atoms with Crippen molar-refractivity contribution in [1.82, 2.24) is 14.8 Å². The number of hydrogen-bond acceptors (Lipinski definition) is 4. The quantitative estimate of drug-likeness (QED) is 0.855. The maximum atomic E-state index is 13.3. The number of benzene rings is 1. The molecule has 110 valence electrons. The zero-order chi connectivity index (χ0) is 15.0. The summed E-state index contributed by atoms with van der Waals surface area (Å²) in [6, 6.07) is 4.36. The van der Waals surface area contributed by atoms with Crippen LogP contribution >= 0.6 is 23.4 Å². The molecule has 0 aliphatic heterocycles. The predicted molar refractivity (Wildman–Crippen MR) is 76.7 cm³/mol. The van der Waals surface area contributed by atoms with Crippen LogP contribution in [0.25, 0.3) is 5.69 Å². The van der Waals surface area contributed by atoms with Crippen molar-refractivity contribution in [2.24, 2.45) is 0 Å². The molecule has 8 heteroatoms. The van der Waals surface area contributed by atoms with E-state index < -0.39 is 11.8 Å². The van der Waals surface area contributed by atoms with Gasteiger partial charge in [-0.2, -0.15) is 0 Å². The zero-order valence-electron chi connectivity index (χ0n) is 10.8. The minimum Gasteiger partial charge on any atom is -0.481 e. The van der Waals surface area contributed by atoms with E-state index in [-0.39, 0.29) is 10.8 Å². The van der Waals surface area contributed by atoms with Gasteiger partial charge in [-0.05, 0) is 31.0 Å². The van der Waals surface area contributed by atoms with Gasteiger partial charge in [0, 0.05) is 5.92 Å². The van der Waals surface area contributed by atoms with Crippen LogP contribution in [-0.2, 0) is 4.79 Å². The van der Waals surface area contributed by atoms with Crippen LogP contribution in [-0.4, -0.2) is 31.6 Å². The summed E-state index contributed by atoms with van der Waals surface area (Å²) in [6.45, 7) is 0. The van der Waals surface area contributed by atoms with Crippen molar-refractivity contribution in [2.45, 2.75) is 23.9 Å². The summed E-state index contributed by atoms with van der Waals surface area (Å²) in [5.74, 6) is -0.454. The number of carbonyl (C=O) groups is 1. The molecular weight excluding hydrogens is 317 g/mol. The number of rotatable bonds is 5. The summed E-state index contributed by atoms with van der Waals surface area (Å²) in [4.78, 5) is 10.7. The van der Waals surface area contributed by atoms with Gasteiger partial charge in [-0.15, -0.1) is 10.2 Å². The van der Waals surface area contributed by atoms with Crippen LogP contribution in [0.4, 0.5) is 4.39 Å². The lowest BCUT2D eigenvalue weighted by Crippen LogP contribution is -2.04. The Hall–Kier alpha value is -1.60. The molecule has 2 aromatic rings. The highest BCUT2D eigenvalue weighted by molar-refractivity contribution is 7.99. The van der Waals surface area contributed by atoms with Crippen molar-refractivity contribution in [1.29, 1.82) is 0 Å². The number of aliphatic carboxylic acids is 1. The second kappa shape index (κ2) is 5.65. The third kappa shape index (κ3) is 3.03. The van der Waals surface area contributed by atoms with E-state index >= 15 is 0 Å². The summed E-state index contributed by atoms with van der Waals surface area (Å²) in [6.07, 6.45) is 2.05. The van der Waals surface area contributed by atoms with E-state index in [1.54, 1.807) is 10.6 Å². The Balaban J connectivity index is 2.02. The molecule has 0 unspecified atom stereocenters. The first kappa shape index (κ1) is 14.3. The van der Waals surface area contributed by atoms with Crippen molar-refractivity contribution < 1.29 is 14.3 Å². The number of aromatic nitrogens is 3. The van der Waals surface area contributed by atoms with Gasteiger partial charge in [0.1, 0.15) is 11.6 Å². The molecule has 5 nitrogen and oxygen atoms in total. The summed E-state index contributed by atoms with van der Waals surface area (Å²) in [5, 5.41) is 17.5. The summed E-state index contributed by atoms with van der Waals surface area (Å²) in [5.41, 5.74) is 0.640. The van der Waals surface area contributed by atoms with E-state index in [0.29, 0.717) is 16.8 Å². The van der Waals surface area contributed by atoms with E-state index in [4.69, 9.17) is 16.7 Å². The van der Waals surface area contributed by atoms with Crippen LogP contribution in [0, 0.1) is 5.82 Å². The minimum atomic E-state index is -0.931. The molecule has 21 heavy (non-hydrogen) atoms. The molecule has 1 N–H and O–H groups in total. The summed E-state index contributed by atoms with van der Waals surface area (Å²) in [7, 11) is 0. The van der Waals surface area contributed by atoms with Crippen LogP contribution in [0.1, 0.15) is 24.6 Å². The van der Waals surface area contributed by atoms with Gasteiger partial charge in [0.25, 0.3) is 0 Å². The Bertz CT molecular complexity index is 703. The smallest absolute Gasteiger partial charge is 0.313 e. The molecule has 3 rings (SSSR count). The van der Waals surface area contributed by atoms with E-state index in [1.165, 1.54) is 12.1 Å². The van der Waals surface area contributed by atoms with Crippen LogP contribution in [0.2, 0.25) is 5.02 Å². The first-order chi connectivity index (χ1) is 10.1. The van der Waals surface area contributed by atoms with Gasteiger partial charge in [0.2, 0.25) is 0 Å². The average molecular weight is 328 g/mol. The molecule has 0 spiro atoms. The summed E-state index contributed by atoms with van der Waals surface area (Å²) < 4.78 is 15.1. The lowest BCUT2D eigenvalue weighted by molar-refractivity contribution is -0.133. The Morgan fingerprint density at radius 1 is 1.48 bits per heavy atom. The van der Waals surface area contributed by atoms with E-state index in [0.717, 1.165) is 30.4 Å². The minimum absolute atomic E-state index is 0.0112. The lowest BCUT2D eigenvalue weighted by Gasteiger charge is -2.10. The Labute approximate surface area is 129 Å². The second-order valence-electron chi connectivity index (χ2n) is 4.73. The summed E-state index contributed by atoms with van der Waals surface area (Å²) >= 11 is 6.91. The van der Waals surface area contributed by atoms with Crippen molar-refractivity contribution in [3.8, 4) is 5.69 Å². The normalized spacial score (nSPS) is 14.4. The van der Waals surface area contributed by atoms with Gasteiger partial charge >= 0.3 is 5.97 Å². The Morgan fingerprint density at radius 2 is 2.24 bits per heavy atom. The van der Waals surface area contributed by atoms with E-state index in [9.17, 15) is 9.18 Å². The number of halogens is 2. The van der Waals surface area contributed by atoms with Crippen molar-refractivity contribution >= 4 is 29.3 Å². The number of carboxylic acid groups (broad SMARTS) is 1. The first-order valence-electron chi connectivity index (χ1n) is 6.31. The fraction of sp³-hybridized carbons (Fsp3) is 0.308. The molecule has 0 saturated heterocycles. The fourth-order valence-corrected chi connectivity index (χ4v) is 2.83. The van der Waals surface area contributed by atoms with Crippen molar-refractivity contribution in [3.63, 3.8) is 0 Å². The van der Waals surface area contributed by atoms with Crippen molar-refractivity contribution in [2.75, 3.05) is 5.75 Å². The van der Waals surface area contributed by atoms with E-state index in [2.05, 4.69) is 10.2 Å². The number of hydrogen-bond donors (Lipinski definition) is 1. The Morgan fingerprint density at radius 3 is 2.86 bits per heavy atom. The van der Waals surface area contributed by atoms with E-state index in [1.807, 2.05) is 0 Å². The maximum Gasteiger partial charge on any atom is 0.313 e. The standard InChI is InChI=1S/C13H11ClFN3O2S/c14-9-5-8(3-4-10(9)15)18-12(7-1-2-7)16-17-13(18)21-6-11(19)20/h3-5,7H,1-2,6H2,(H,19,20). The highest BCUT2D eigenvalue weighted by Gasteiger charge is 2.31. The van der Waals surface area contributed by atoms with Crippen LogP contribution in [0.15, 0.2) is 23.4 Å². The largest absolute Gasteiger partial charge is 0.481 e. The monoisotopic (exact) mass is 327 g/mol. The van der Waals surface area contributed by atoms with Crippen LogP contribution < -0.4 is 0 Å². The van der Waals surface area contributed by atoms with Gasteiger partial charge in [-0.3, -0.25) is 9.36 Å². The van der Waals surface area contributed by atoms with Crippen molar-refractivity contribution in [3.05, 3.63) is 34.9 Å². The zero-order valence-corrected chi connectivity index (χ0v) is 12.4. The molecule has 0 amide bonds. The predicted octanol–water partition coefficient (Wildman–Crippen LogP) is 3.11. The SMILES string of the molecule is O=C(O)CSc1nnc(C2CC2)n1-c1ccc(F)c(Cl)c1. The highest BCUT2D eigenvalue weighted by atomic mass is 35.5. The number of nitrogens with zero attached hydrogens (tertiary/aromatic N) is 3. The molecule has 1 fully saturated rings. The van der Waals surface area contributed by atoms with Gasteiger partial charge in [0.05, 0.1) is 16.5 Å². The van der Waals surface area contributed by atoms with Crippen LogP contribution in [0.5, 0.6) is 0 Å². The Kier molecular flexibility index (Phi) is 3.86. The second-order valence-corrected chi connectivity index (χ2v) is 6.08. The van der Waals surface area contributed by atoms with Gasteiger partial charge in [0.15, 0.2) is 5.16 Å². The molecule has 0 bridgehead atoms. The topological polar surface area (TPSA) is 68.0 Å². The fourth-order valence-electron chi connectivity index (χ4n) is 1.97. The van der Waals surface area contributed by atoms with Gasteiger partial charge in [-0.25, -0.2) is 4.39 Å². The number of thioether (sulfide) groups is 1. The molecule has 1 aromatic heterocycles. The van der Waals surface area contributed by atoms with Gasteiger partial charge < -0.3 is 5.11 Å². The van der Waals surface area contributed by atoms with Gasteiger partial charge in [-0.1, -0.05) is 23.4 Å². The molecule has 1 saturated carbocycles. The molecule has 1 aliphatic rings. The molecule has 0 radical (unpaired) electrons. The molecule has 0 atom stereocenters. The molecule has 1 aromatic carbocycles. The highest BCUT2D eigenvalue weighted by Crippen LogP contribution is 2.41. The third-order valence-corrected chi connectivity index (χ3v) is 4.29. The maximum absolute atomic E-state index is 13.3.